The van der Waals surface area contributed by atoms with Crippen LogP contribution in [-0.2, 0) is 73.6 Å². The smallest absolute Gasteiger partial charge is 0.408 e. The van der Waals surface area contributed by atoms with Crippen LogP contribution in [0.4, 0.5) is 4.79 Å². The first-order chi connectivity index (χ1) is 41.4. The second kappa shape index (κ2) is 28.1. The Hall–Kier alpha value is -8.53. The molecule has 6 N–H and O–H groups in total. The van der Waals surface area contributed by atoms with Crippen molar-refractivity contribution in [1.29, 1.82) is 0 Å². The van der Waals surface area contributed by atoms with Gasteiger partial charge in [0.25, 0.3) is 5.91 Å². The normalized spacial score (nSPS) is 20.0. The molecule has 9 rings (SSSR count). The van der Waals surface area contributed by atoms with E-state index >= 15 is 0 Å². The van der Waals surface area contributed by atoms with Crippen LogP contribution in [0, 0.1) is 11.8 Å². The van der Waals surface area contributed by atoms with Gasteiger partial charge in [-0.05, 0) is 104 Å². The second-order valence-corrected chi connectivity index (χ2v) is 23.0. The van der Waals surface area contributed by atoms with Gasteiger partial charge < -0.3 is 60.3 Å². The lowest BCUT2D eigenvalue weighted by molar-refractivity contribution is -0.136. The molecular weight excluding hydrogens is 1100 g/mol. The molecule has 5 aromatic rings. The SMILES string of the molecule is COc1ccc(CC(NC(=O)C(NC(=O)OCc2ccccc2)C2COC2)C(=O)NC(Cc2cccc(-c3cc(CC(NC(=O)C(C)NC(=O)c4ccncc4)C(=O)NC(CC4CCCC4)C(=O)C4(C)CO4)ccc3OC)c2)C(=O)C2(C)CO2)cc1. The maximum absolute atomic E-state index is 14.8. The minimum atomic E-state index is -1.25. The zero-order valence-corrected chi connectivity index (χ0v) is 49.0. The number of Topliss-reactive ketones (excluding diaryl/α,β-unsaturated/α-hetero) is 2. The summed E-state index contributed by atoms with van der Waals surface area (Å²) in [6, 6.07) is 25.0. The minimum absolute atomic E-state index is 0.00405. The fourth-order valence-electron chi connectivity index (χ4n) is 10.8. The summed E-state index contributed by atoms with van der Waals surface area (Å²) in [7, 11) is 3.05. The van der Waals surface area contributed by atoms with E-state index in [9.17, 15) is 38.4 Å². The number of methoxy groups -OCH3 is 2. The third kappa shape index (κ3) is 16.3. The number of amides is 6. The molecule has 8 atom stereocenters. The maximum Gasteiger partial charge on any atom is 0.408 e. The molecule has 21 nitrogen and oxygen atoms in total. The van der Waals surface area contributed by atoms with Crippen LogP contribution in [0.5, 0.6) is 11.5 Å². The molecule has 6 amide bonds. The van der Waals surface area contributed by atoms with Crippen LogP contribution in [0.15, 0.2) is 122 Å². The van der Waals surface area contributed by atoms with Crippen LogP contribution in [0.3, 0.4) is 0 Å². The summed E-state index contributed by atoms with van der Waals surface area (Å²) in [4.78, 5) is 116. The third-order valence-corrected chi connectivity index (χ3v) is 16.3. The Kier molecular flexibility index (Phi) is 20.3. The van der Waals surface area contributed by atoms with Crippen molar-refractivity contribution in [2.24, 2.45) is 11.8 Å². The molecule has 4 heterocycles. The highest BCUT2D eigenvalue weighted by Crippen LogP contribution is 2.36. The summed E-state index contributed by atoms with van der Waals surface area (Å²) >= 11 is 0. The molecule has 4 fully saturated rings. The molecule has 4 aliphatic rings. The Balaban J connectivity index is 0.955. The molecule has 0 bridgehead atoms. The Bertz CT molecular complexity index is 3240. The molecule has 1 saturated carbocycles. The lowest BCUT2D eigenvalue weighted by atomic mass is 9.90. The second-order valence-electron chi connectivity index (χ2n) is 23.0. The molecule has 3 saturated heterocycles. The topological polar surface area (TPSA) is 284 Å². The number of nitrogens with zero attached hydrogens (tertiary/aromatic N) is 1. The van der Waals surface area contributed by atoms with Crippen LogP contribution in [0.1, 0.15) is 85.5 Å². The minimum Gasteiger partial charge on any atom is -0.497 e. The van der Waals surface area contributed by atoms with Gasteiger partial charge in [0.2, 0.25) is 23.6 Å². The summed E-state index contributed by atoms with van der Waals surface area (Å²) in [5.41, 5.74) is 1.99. The number of pyridine rings is 1. The lowest BCUT2D eigenvalue weighted by Crippen LogP contribution is -2.61. The average Bonchev–Trinajstić information content (AvgIpc) is 4.55. The number of hydrogen-bond acceptors (Lipinski definition) is 15. The number of epoxide rings is 2. The molecule has 0 radical (unpaired) electrons. The van der Waals surface area contributed by atoms with Gasteiger partial charge in [-0.25, -0.2) is 4.79 Å². The summed E-state index contributed by atoms with van der Waals surface area (Å²) < 4.78 is 33.3. The number of benzene rings is 4. The standard InChI is InChI=1S/C65H75N7O14/c1-39(67-59(76)45-24-26-66-27-25-45)58(75)70-53(61(78)68-50(30-40-12-9-10-13-40)56(73)64(2)37-85-64)33-44-20-23-54(82-5)49(29-44)46-17-11-16-43(28-46)32-51(57(74)65(3)38-86-65)69-60(77)52(31-41-18-21-48(81-4)22-19-41)71-62(79)55(47-35-83-36-47)72-63(80)84-34-42-14-7-6-8-15-42/h6-8,11,14-29,39-40,47,50-53,55H,9-10,12-13,30-38H2,1-5H3,(H,67,76)(H,68,78)(H,69,77)(H,70,75)(H,71,79)(H,72,80). The number of hydrogen-bond donors (Lipinski definition) is 6. The van der Waals surface area contributed by atoms with Crippen molar-refractivity contribution in [2.75, 3.05) is 40.6 Å². The zero-order chi connectivity index (χ0) is 61.0. The van der Waals surface area contributed by atoms with Crippen molar-refractivity contribution in [2.45, 2.75) is 126 Å². The fourth-order valence-corrected chi connectivity index (χ4v) is 10.8. The van der Waals surface area contributed by atoms with Gasteiger partial charge in [-0.3, -0.25) is 38.5 Å². The number of ether oxygens (including phenoxy) is 6. The lowest BCUT2D eigenvalue weighted by Gasteiger charge is -2.34. The largest absolute Gasteiger partial charge is 0.497 e. The van der Waals surface area contributed by atoms with Gasteiger partial charge in [0.15, 0.2) is 11.6 Å². The summed E-state index contributed by atoms with van der Waals surface area (Å²) in [5.74, 6) is -2.83. The van der Waals surface area contributed by atoms with E-state index in [-0.39, 0.29) is 69.8 Å². The van der Waals surface area contributed by atoms with E-state index in [1.165, 1.54) is 45.7 Å². The Morgan fingerprint density at radius 2 is 1.16 bits per heavy atom. The number of aromatic nitrogens is 1. The predicted molar refractivity (Wildman–Crippen MR) is 315 cm³/mol. The fraction of sp³-hybridized carbons (Fsp3) is 0.431. The van der Waals surface area contributed by atoms with Crippen molar-refractivity contribution < 1.29 is 66.8 Å². The number of alkyl carbamates (subject to hydrolysis) is 1. The Morgan fingerprint density at radius 3 is 1.78 bits per heavy atom. The van der Waals surface area contributed by atoms with Crippen LogP contribution in [-0.4, -0.2) is 140 Å². The highest BCUT2D eigenvalue weighted by Gasteiger charge is 2.52. The number of rotatable bonds is 29. The van der Waals surface area contributed by atoms with E-state index in [4.69, 9.17) is 28.4 Å². The van der Waals surface area contributed by atoms with Gasteiger partial charge in [-0.2, -0.15) is 0 Å². The van der Waals surface area contributed by atoms with E-state index in [0.717, 1.165) is 31.2 Å². The number of nitrogens with one attached hydrogen (secondary N) is 6. The first-order valence-electron chi connectivity index (χ1n) is 29.1. The van der Waals surface area contributed by atoms with Crippen molar-refractivity contribution >= 4 is 47.2 Å². The Morgan fingerprint density at radius 1 is 0.593 bits per heavy atom. The van der Waals surface area contributed by atoms with Gasteiger partial charge in [0.05, 0.1) is 52.7 Å². The van der Waals surface area contributed by atoms with Gasteiger partial charge >= 0.3 is 6.09 Å². The van der Waals surface area contributed by atoms with Crippen molar-refractivity contribution in [3.05, 3.63) is 149 Å². The Labute approximate surface area is 499 Å². The van der Waals surface area contributed by atoms with E-state index in [1.807, 2.05) is 42.5 Å². The zero-order valence-electron chi connectivity index (χ0n) is 49.0. The highest BCUT2D eigenvalue weighted by molar-refractivity contribution is 6.01. The molecular formula is C65H75N7O14. The van der Waals surface area contributed by atoms with E-state index in [0.29, 0.717) is 51.3 Å². The number of carbonyl (C=O) groups excluding carboxylic acids is 8. The molecule has 4 aromatic carbocycles. The van der Waals surface area contributed by atoms with Crippen LogP contribution in [0.2, 0.25) is 0 Å². The van der Waals surface area contributed by atoms with Gasteiger partial charge in [-0.15, -0.1) is 0 Å². The summed E-state index contributed by atoms with van der Waals surface area (Å²) in [6.07, 6.45) is 6.40. The summed E-state index contributed by atoms with van der Waals surface area (Å²) in [6.45, 7) is 5.58. The van der Waals surface area contributed by atoms with Crippen LogP contribution in [0.25, 0.3) is 11.1 Å². The molecule has 8 unspecified atom stereocenters. The molecule has 454 valence electrons. The number of carbonyl (C=O) groups is 8. The molecule has 21 heteroatoms. The van der Waals surface area contributed by atoms with E-state index < -0.39 is 89.0 Å². The van der Waals surface area contributed by atoms with Crippen molar-refractivity contribution in [3.8, 4) is 22.6 Å². The third-order valence-electron chi connectivity index (χ3n) is 16.3. The van der Waals surface area contributed by atoms with Gasteiger partial charge in [0, 0.05) is 42.3 Å². The van der Waals surface area contributed by atoms with Gasteiger partial charge in [-0.1, -0.05) is 98.5 Å². The van der Waals surface area contributed by atoms with Crippen molar-refractivity contribution in [3.63, 3.8) is 0 Å². The summed E-state index contributed by atoms with van der Waals surface area (Å²) in [5, 5.41) is 17.1. The predicted octanol–water partition coefficient (Wildman–Crippen LogP) is 5.09. The first kappa shape index (κ1) is 62.0. The average molecular weight is 1180 g/mol. The molecule has 86 heavy (non-hydrogen) atoms. The van der Waals surface area contributed by atoms with E-state index in [1.54, 1.807) is 68.4 Å². The molecule has 1 aromatic heterocycles. The maximum atomic E-state index is 14.8. The molecule has 3 aliphatic heterocycles. The monoisotopic (exact) mass is 1180 g/mol. The van der Waals surface area contributed by atoms with Crippen LogP contribution < -0.4 is 41.4 Å². The van der Waals surface area contributed by atoms with E-state index in [2.05, 4.69) is 36.9 Å². The first-order valence-corrected chi connectivity index (χ1v) is 29.1. The van der Waals surface area contributed by atoms with Gasteiger partial charge in [0.1, 0.15) is 53.5 Å². The highest BCUT2D eigenvalue weighted by atomic mass is 16.6. The molecule has 1 aliphatic carbocycles. The van der Waals surface area contributed by atoms with Crippen molar-refractivity contribution in [1.82, 2.24) is 36.9 Å². The molecule has 0 spiro atoms. The quantitative estimate of drug-likeness (QED) is 0.0340. The number of ketones is 2. The van der Waals surface area contributed by atoms with Crippen LogP contribution >= 0.6 is 0 Å².